The van der Waals surface area contributed by atoms with Crippen LogP contribution in [0, 0.1) is 5.41 Å². The first-order chi connectivity index (χ1) is 8.82. The molecule has 2 rings (SSSR count). The largest absolute Gasteiger partial charge is 0.324 e. The van der Waals surface area contributed by atoms with Gasteiger partial charge in [-0.25, -0.2) is 0 Å². The first kappa shape index (κ1) is 14.8. The zero-order valence-electron chi connectivity index (χ0n) is 12.3. The molecule has 3 nitrogen and oxygen atoms in total. The number of hydrogen-bond acceptors (Lipinski definition) is 2. The third kappa shape index (κ3) is 3.29. The van der Waals surface area contributed by atoms with Crippen LogP contribution in [0.25, 0.3) is 0 Å². The number of rotatable bonds is 3. The fraction of sp³-hybridized carbons (Fsp3) is 0.667. The van der Waals surface area contributed by atoms with Gasteiger partial charge in [0.25, 0.3) is 0 Å². The second-order valence-corrected chi connectivity index (χ2v) is 7.19. The van der Waals surface area contributed by atoms with Crippen molar-refractivity contribution in [3.8, 4) is 0 Å². The molecule has 1 aromatic heterocycles. The van der Waals surface area contributed by atoms with Crippen LogP contribution in [-0.2, 0) is 19.9 Å². The molecule has 0 saturated carbocycles. The van der Waals surface area contributed by atoms with Crippen LogP contribution in [0.5, 0.6) is 0 Å². The lowest BCUT2D eigenvalue weighted by molar-refractivity contribution is 0.299. The van der Waals surface area contributed by atoms with Crippen LogP contribution < -0.4 is 5.73 Å². The smallest absolute Gasteiger partial charge is 0.0766 e. The Morgan fingerprint density at radius 3 is 2.74 bits per heavy atom. The van der Waals surface area contributed by atoms with Gasteiger partial charge in [0.1, 0.15) is 0 Å². The number of halogens is 1. The van der Waals surface area contributed by atoms with Gasteiger partial charge in [0, 0.05) is 19.5 Å². The molecule has 0 fully saturated rings. The summed E-state index contributed by atoms with van der Waals surface area (Å²) < 4.78 is 3.16. The lowest BCUT2D eigenvalue weighted by atomic mass is 9.74. The van der Waals surface area contributed by atoms with Crippen LogP contribution in [0.4, 0.5) is 0 Å². The highest BCUT2D eigenvalue weighted by Gasteiger charge is 2.27. The van der Waals surface area contributed by atoms with Gasteiger partial charge in [0.2, 0.25) is 0 Å². The Hall–Kier alpha value is -0.610. The van der Waals surface area contributed by atoms with Gasteiger partial charge < -0.3 is 5.73 Å². The first-order valence-corrected chi connectivity index (χ1v) is 7.77. The first-order valence-electron chi connectivity index (χ1n) is 6.98. The topological polar surface area (TPSA) is 43.8 Å². The molecule has 1 unspecified atom stereocenters. The normalized spacial score (nSPS) is 22.4. The number of nitrogens with zero attached hydrogens (tertiary/aromatic N) is 2. The number of aromatic nitrogens is 2. The average Bonchev–Trinajstić information content (AvgIpc) is 2.53. The molecule has 2 N–H and O–H groups in total. The van der Waals surface area contributed by atoms with Crippen molar-refractivity contribution in [3.05, 3.63) is 27.5 Å². The van der Waals surface area contributed by atoms with Crippen molar-refractivity contribution >= 4 is 15.9 Å². The van der Waals surface area contributed by atoms with Crippen LogP contribution in [0.15, 0.2) is 16.1 Å². The maximum absolute atomic E-state index is 6.15. The van der Waals surface area contributed by atoms with E-state index in [1.807, 2.05) is 11.7 Å². The summed E-state index contributed by atoms with van der Waals surface area (Å²) in [5.74, 6) is 0. The fourth-order valence-electron chi connectivity index (χ4n) is 3.09. The molecular formula is C15H24BrN3. The van der Waals surface area contributed by atoms with Crippen molar-refractivity contribution in [1.82, 2.24) is 9.78 Å². The summed E-state index contributed by atoms with van der Waals surface area (Å²) in [5.41, 5.74) is 10.3. The van der Waals surface area contributed by atoms with Gasteiger partial charge in [-0.3, -0.25) is 4.68 Å². The molecule has 0 bridgehead atoms. The minimum atomic E-state index is 0.191. The van der Waals surface area contributed by atoms with Gasteiger partial charge in [-0.2, -0.15) is 5.10 Å². The Morgan fingerprint density at radius 2 is 2.21 bits per heavy atom. The van der Waals surface area contributed by atoms with E-state index in [1.165, 1.54) is 11.3 Å². The molecular weight excluding hydrogens is 302 g/mol. The Balaban J connectivity index is 2.24. The van der Waals surface area contributed by atoms with Gasteiger partial charge in [-0.1, -0.05) is 32.4 Å². The highest BCUT2D eigenvalue weighted by atomic mass is 79.9. The van der Waals surface area contributed by atoms with Crippen molar-refractivity contribution in [2.45, 2.75) is 52.5 Å². The number of allylic oxidation sites excluding steroid dienone is 1. The number of aryl methyl sites for hydroxylation is 2. The molecule has 4 heteroatoms. The summed E-state index contributed by atoms with van der Waals surface area (Å²) >= 11 is 3.69. The van der Waals surface area contributed by atoms with Crippen molar-refractivity contribution in [2.75, 3.05) is 0 Å². The summed E-state index contributed by atoms with van der Waals surface area (Å²) in [5, 5.41) is 4.56. The van der Waals surface area contributed by atoms with E-state index in [-0.39, 0.29) is 6.04 Å². The van der Waals surface area contributed by atoms with Gasteiger partial charge in [0.05, 0.1) is 15.9 Å². The molecule has 1 atom stereocenters. The lowest BCUT2D eigenvalue weighted by Crippen LogP contribution is -2.31. The van der Waals surface area contributed by atoms with Gasteiger partial charge >= 0.3 is 0 Å². The minimum Gasteiger partial charge on any atom is -0.324 e. The maximum atomic E-state index is 6.15. The predicted octanol–water partition coefficient (Wildman–Crippen LogP) is 3.36. The summed E-state index contributed by atoms with van der Waals surface area (Å²) in [6, 6.07) is 0.191. The quantitative estimate of drug-likeness (QED) is 0.866. The molecule has 0 aliphatic heterocycles. The van der Waals surface area contributed by atoms with Gasteiger partial charge in [-0.05, 0) is 40.6 Å². The SMILES string of the molecule is CCc1nn(C)c(CC2=CC(N)CC(C)(C)C2)c1Br. The lowest BCUT2D eigenvalue weighted by Gasteiger charge is -2.33. The molecule has 1 heterocycles. The number of nitrogens with two attached hydrogens (primary N) is 1. The van der Waals surface area contributed by atoms with E-state index in [0.717, 1.165) is 35.8 Å². The minimum absolute atomic E-state index is 0.191. The summed E-state index contributed by atoms with van der Waals surface area (Å²) in [4.78, 5) is 0. The highest BCUT2D eigenvalue weighted by molar-refractivity contribution is 9.10. The summed E-state index contributed by atoms with van der Waals surface area (Å²) in [6.45, 7) is 6.74. The van der Waals surface area contributed by atoms with E-state index in [2.05, 4.69) is 47.9 Å². The standard InChI is InChI=1S/C15H24BrN3/c1-5-12-14(16)13(19(4)18-12)7-10-6-11(17)9-15(2,3)8-10/h6,11H,5,7-9,17H2,1-4H3. The molecule has 0 spiro atoms. The average molecular weight is 326 g/mol. The van der Waals surface area contributed by atoms with E-state index in [4.69, 9.17) is 5.73 Å². The molecule has 1 aliphatic rings. The van der Waals surface area contributed by atoms with Gasteiger partial charge in [-0.15, -0.1) is 0 Å². The second-order valence-electron chi connectivity index (χ2n) is 6.40. The van der Waals surface area contributed by atoms with Crippen LogP contribution in [0.3, 0.4) is 0 Å². The van der Waals surface area contributed by atoms with E-state index in [1.54, 1.807) is 0 Å². The van der Waals surface area contributed by atoms with Crippen molar-refractivity contribution in [1.29, 1.82) is 0 Å². The molecule has 0 amide bonds. The third-order valence-electron chi connectivity index (χ3n) is 3.84. The summed E-state index contributed by atoms with van der Waals surface area (Å²) in [6.07, 6.45) is 6.35. The Bertz CT molecular complexity index is 500. The van der Waals surface area contributed by atoms with Crippen molar-refractivity contribution < 1.29 is 0 Å². The molecule has 106 valence electrons. The molecule has 0 aromatic carbocycles. The zero-order valence-corrected chi connectivity index (χ0v) is 13.9. The van der Waals surface area contributed by atoms with E-state index >= 15 is 0 Å². The van der Waals surface area contributed by atoms with Crippen LogP contribution in [0.1, 0.15) is 45.0 Å². The number of hydrogen-bond donors (Lipinski definition) is 1. The third-order valence-corrected chi connectivity index (χ3v) is 4.76. The van der Waals surface area contributed by atoms with Crippen LogP contribution >= 0.6 is 15.9 Å². The second kappa shape index (κ2) is 5.41. The molecule has 0 radical (unpaired) electrons. The summed E-state index contributed by atoms with van der Waals surface area (Å²) in [7, 11) is 2.02. The predicted molar refractivity (Wildman–Crippen MR) is 83.1 cm³/mol. The highest BCUT2D eigenvalue weighted by Crippen LogP contribution is 2.37. The van der Waals surface area contributed by atoms with Crippen molar-refractivity contribution in [2.24, 2.45) is 18.2 Å². The molecule has 19 heavy (non-hydrogen) atoms. The zero-order chi connectivity index (χ0) is 14.2. The van der Waals surface area contributed by atoms with Crippen LogP contribution in [0.2, 0.25) is 0 Å². The molecule has 1 aromatic rings. The van der Waals surface area contributed by atoms with Gasteiger partial charge in [0.15, 0.2) is 0 Å². The molecule has 1 aliphatic carbocycles. The fourth-order valence-corrected chi connectivity index (χ4v) is 3.85. The Labute approximate surface area is 124 Å². The Kier molecular flexibility index (Phi) is 4.21. The van der Waals surface area contributed by atoms with Crippen molar-refractivity contribution in [3.63, 3.8) is 0 Å². The van der Waals surface area contributed by atoms with E-state index < -0.39 is 0 Å². The van der Waals surface area contributed by atoms with Crippen LogP contribution in [-0.4, -0.2) is 15.8 Å². The van der Waals surface area contributed by atoms with E-state index in [9.17, 15) is 0 Å². The monoisotopic (exact) mass is 325 g/mol. The Morgan fingerprint density at radius 1 is 1.53 bits per heavy atom. The maximum Gasteiger partial charge on any atom is 0.0766 e. The molecule has 0 saturated heterocycles. The van der Waals surface area contributed by atoms with E-state index in [0.29, 0.717) is 5.41 Å².